The number of nitrogens with one attached hydrogen (secondary N) is 3. The molecular formula is C28H38N4O5. The van der Waals surface area contributed by atoms with E-state index in [0.29, 0.717) is 17.9 Å². The summed E-state index contributed by atoms with van der Waals surface area (Å²) in [7, 11) is 0. The topological polar surface area (TPSA) is 113 Å². The number of piperidine rings is 1. The van der Waals surface area contributed by atoms with E-state index in [0.717, 1.165) is 44.5 Å². The predicted octanol–water partition coefficient (Wildman–Crippen LogP) is 4.70. The van der Waals surface area contributed by atoms with Crippen molar-refractivity contribution in [2.75, 3.05) is 26.2 Å². The fourth-order valence-corrected chi connectivity index (χ4v) is 3.91. The van der Waals surface area contributed by atoms with Gasteiger partial charge in [-0.3, -0.25) is 10.7 Å². The number of alkyl carbamates (subject to hydrolysis) is 2. The molecule has 0 spiro atoms. The molecule has 0 aliphatic carbocycles. The molecule has 1 saturated heterocycles. The highest BCUT2D eigenvalue weighted by molar-refractivity contribution is 6.04. The number of amidine groups is 1. The number of carbonyl (C=O) groups excluding carboxylic acids is 2. The monoisotopic (exact) mass is 510 g/mol. The fourth-order valence-electron chi connectivity index (χ4n) is 3.91. The van der Waals surface area contributed by atoms with Crippen molar-refractivity contribution in [2.24, 2.45) is 0 Å². The average Bonchev–Trinajstić information content (AvgIpc) is 2.86. The average molecular weight is 511 g/mol. The lowest BCUT2D eigenvalue weighted by Gasteiger charge is -2.32. The van der Waals surface area contributed by atoms with E-state index in [4.69, 9.17) is 19.6 Å². The molecular weight excluding hydrogens is 472 g/mol. The van der Waals surface area contributed by atoms with E-state index < -0.39 is 11.7 Å². The zero-order valence-electron chi connectivity index (χ0n) is 21.9. The molecule has 1 aliphatic heterocycles. The second kappa shape index (κ2) is 13.6. The Morgan fingerprint density at radius 2 is 1.68 bits per heavy atom. The molecule has 200 valence electrons. The Bertz CT molecular complexity index is 1010. The summed E-state index contributed by atoms with van der Waals surface area (Å²) in [5.41, 5.74) is 0.921. The lowest BCUT2D eigenvalue weighted by atomic mass is 10.1. The Kier molecular flexibility index (Phi) is 10.3. The third-order valence-electron chi connectivity index (χ3n) is 5.78. The van der Waals surface area contributed by atoms with E-state index in [9.17, 15) is 9.59 Å². The van der Waals surface area contributed by atoms with Crippen molar-refractivity contribution in [3.05, 3.63) is 65.7 Å². The second-order valence-electron chi connectivity index (χ2n) is 10.1. The molecule has 3 rings (SSSR count). The van der Waals surface area contributed by atoms with Gasteiger partial charge in [-0.1, -0.05) is 30.3 Å². The number of benzene rings is 2. The molecule has 1 aliphatic rings. The molecule has 2 aromatic carbocycles. The van der Waals surface area contributed by atoms with Crippen LogP contribution in [-0.4, -0.2) is 60.8 Å². The van der Waals surface area contributed by atoms with Crippen molar-refractivity contribution in [1.82, 2.24) is 15.5 Å². The smallest absolute Gasteiger partial charge is 0.413 e. The number of ether oxygens (including phenoxy) is 3. The Hall–Kier alpha value is -3.59. The van der Waals surface area contributed by atoms with Crippen LogP contribution in [0, 0.1) is 5.41 Å². The standard InChI is InChI=1S/C28H38N4O5/c1-28(2,3)37-27(34)31-25(29)22-10-12-24(13-11-22)35-19-7-16-32-17-14-23(15-18-32)30-26(33)36-20-21-8-5-4-6-9-21/h4-6,8-13,23H,7,14-20H2,1-3H3,(H,30,33)(H2,29,31,34). The lowest BCUT2D eigenvalue weighted by Crippen LogP contribution is -2.45. The number of rotatable bonds is 9. The van der Waals surface area contributed by atoms with Crippen molar-refractivity contribution < 1.29 is 23.8 Å². The minimum absolute atomic E-state index is 0.0249. The largest absolute Gasteiger partial charge is 0.494 e. The van der Waals surface area contributed by atoms with Crippen LogP contribution in [-0.2, 0) is 16.1 Å². The van der Waals surface area contributed by atoms with Crippen LogP contribution in [0.5, 0.6) is 5.75 Å². The molecule has 0 saturated carbocycles. The number of hydrogen-bond acceptors (Lipinski definition) is 7. The summed E-state index contributed by atoms with van der Waals surface area (Å²) in [4.78, 5) is 26.3. The molecule has 0 unspecified atom stereocenters. The lowest BCUT2D eigenvalue weighted by molar-refractivity contribution is 0.0563. The van der Waals surface area contributed by atoms with Gasteiger partial charge in [0, 0.05) is 31.2 Å². The quantitative estimate of drug-likeness (QED) is 0.256. The Balaban J connectivity index is 1.27. The van der Waals surface area contributed by atoms with Gasteiger partial charge in [-0.15, -0.1) is 0 Å². The van der Waals surface area contributed by atoms with E-state index >= 15 is 0 Å². The van der Waals surface area contributed by atoms with Gasteiger partial charge in [-0.2, -0.15) is 0 Å². The van der Waals surface area contributed by atoms with Gasteiger partial charge in [0.1, 0.15) is 23.8 Å². The van der Waals surface area contributed by atoms with E-state index in [1.165, 1.54) is 0 Å². The number of likely N-dealkylation sites (tertiary alicyclic amines) is 1. The highest BCUT2D eigenvalue weighted by Crippen LogP contribution is 2.15. The summed E-state index contributed by atoms with van der Waals surface area (Å²) in [5, 5.41) is 13.4. The second-order valence-corrected chi connectivity index (χ2v) is 10.1. The maximum absolute atomic E-state index is 12.1. The first-order valence-electron chi connectivity index (χ1n) is 12.7. The third-order valence-corrected chi connectivity index (χ3v) is 5.78. The third kappa shape index (κ3) is 10.5. The van der Waals surface area contributed by atoms with Crippen LogP contribution >= 0.6 is 0 Å². The zero-order valence-corrected chi connectivity index (χ0v) is 21.9. The summed E-state index contributed by atoms with van der Waals surface area (Å²) >= 11 is 0. The van der Waals surface area contributed by atoms with Gasteiger partial charge < -0.3 is 24.4 Å². The van der Waals surface area contributed by atoms with Gasteiger partial charge in [0.25, 0.3) is 0 Å². The number of carbonyl (C=O) groups is 2. The van der Waals surface area contributed by atoms with Gasteiger partial charge >= 0.3 is 12.2 Å². The maximum atomic E-state index is 12.1. The SMILES string of the molecule is CC(C)(C)OC(=O)NC(=N)c1ccc(OCCCN2CCC(NC(=O)OCc3ccccc3)CC2)cc1. The van der Waals surface area contributed by atoms with Crippen LogP contribution in [0.15, 0.2) is 54.6 Å². The molecule has 0 bridgehead atoms. The van der Waals surface area contributed by atoms with Gasteiger partial charge in [0.2, 0.25) is 0 Å². The molecule has 2 aromatic rings. The van der Waals surface area contributed by atoms with Gasteiger partial charge in [0.05, 0.1) is 6.61 Å². The zero-order chi connectivity index (χ0) is 26.7. The first-order chi connectivity index (χ1) is 17.7. The molecule has 1 heterocycles. The highest BCUT2D eigenvalue weighted by Gasteiger charge is 2.21. The summed E-state index contributed by atoms with van der Waals surface area (Å²) in [6, 6.07) is 16.8. The van der Waals surface area contributed by atoms with Gasteiger partial charge in [-0.05, 0) is 69.9 Å². The molecule has 3 N–H and O–H groups in total. The van der Waals surface area contributed by atoms with Crippen molar-refractivity contribution in [2.45, 2.75) is 58.3 Å². The highest BCUT2D eigenvalue weighted by atomic mass is 16.6. The molecule has 0 radical (unpaired) electrons. The van der Waals surface area contributed by atoms with Crippen LogP contribution in [0.25, 0.3) is 0 Å². The Morgan fingerprint density at radius 3 is 2.32 bits per heavy atom. The first-order valence-corrected chi connectivity index (χ1v) is 12.7. The number of nitrogens with zero attached hydrogens (tertiary/aromatic N) is 1. The Labute approximate surface area is 219 Å². The van der Waals surface area contributed by atoms with E-state index in [-0.39, 0.29) is 24.6 Å². The molecule has 1 fully saturated rings. The summed E-state index contributed by atoms with van der Waals surface area (Å²) in [5.74, 6) is 0.689. The molecule has 9 nitrogen and oxygen atoms in total. The van der Waals surface area contributed by atoms with Crippen LogP contribution in [0.4, 0.5) is 9.59 Å². The van der Waals surface area contributed by atoms with Crippen LogP contribution in [0.2, 0.25) is 0 Å². The first kappa shape index (κ1) is 28.0. The summed E-state index contributed by atoms with van der Waals surface area (Å²) in [6.07, 6.45) is 1.66. The molecule has 37 heavy (non-hydrogen) atoms. The van der Waals surface area contributed by atoms with E-state index in [2.05, 4.69) is 15.5 Å². The van der Waals surface area contributed by atoms with Crippen LogP contribution < -0.4 is 15.4 Å². The van der Waals surface area contributed by atoms with Crippen molar-refractivity contribution in [1.29, 1.82) is 5.41 Å². The predicted molar refractivity (Wildman–Crippen MR) is 142 cm³/mol. The maximum Gasteiger partial charge on any atom is 0.413 e. The minimum atomic E-state index is -0.652. The molecule has 0 atom stereocenters. The fraction of sp³-hybridized carbons (Fsp3) is 0.464. The van der Waals surface area contributed by atoms with Gasteiger partial charge in [-0.25, -0.2) is 9.59 Å². The van der Waals surface area contributed by atoms with Crippen molar-refractivity contribution in [3.63, 3.8) is 0 Å². The molecule has 0 aromatic heterocycles. The van der Waals surface area contributed by atoms with Crippen LogP contribution in [0.1, 0.15) is 51.2 Å². The minimum Gasteiger partial charge on any atom is -0.494 e. The van der Waals surface area contributed by atoms with Crippen molar-refractivity contribution in [3.8, 4) is 5.75 Å². The normalized spacial score (nSPS) is 14.5. The summed E-state index contributed by atoms with van der Waals surface area (Å²) in [6.45, 7) is 8.94. The number of hydrogen-bond donors (Lipinski definition) is 3. The number of amides is 2. The van der Waals surface area contributed by atoms with E-state index in [1.807, 2.05) is 30.3 Å². The Morgan fingerprint density at radius 1 is 1.00 bits per heavy atom. The van der Waals surface area contributed by atoms with Gasteiger partial charge in [0.15, 0.2) is 0 Å². The summed E-state index contributed by atoms with van der Waals surface area (Å²) < 4.78 is 16.3. The molecule has 9 heteroatoms. The van der Waals surface area contributed by atoms with Crippen LogP contribution in [0.3, 0.4) is 0 Å². The van der Waals surface area contributed by atoms with E-state index in [1.54, 1.807) is 45.0 Å². The van der Waals surface area contributed by atoms with Crippen molar-refractivity contribution >= 4 is 18.0 Å². The molecule has 2 amide bonds.